The van der Waals surface area contributed by atoms with E-state index in [1.54, 1.807) is 0 Å². The SMILES string of the molecule is Cc1c[s+](I)c(C)c1I. The van der Waals surface area contributed by atoms with Crippen LogP contribution in [0.5, 0.6) is 0 Å². The lowest BCUT2D eigenvalue weighted by Gasteiger charge is -1.78. The lowest BCUT2D eigenvalue weighted by atomic mass is 10.4. The molecule has 0 bridgehead atoms. The molecular weight excluding hydrogens is 358 g/mol. The summed E-state index contributed by atoms with van der Waals surface area (Å²) in [4.78, 5) is 1.54. The van der Waals surface area contributed by atoms with Gasteiger partial charge in [0.15, 0.2) is 10.3 Å². The molecule has 0 saturated carbocycles. The molecule has 0 amide bonds. The van der Waals surface area contributed by atoms with Gasteiger partial charge in [-0.05, 0) is 29.5 Å². The zero-order valence-corrected chi connectivity index (χ0v) is 10.4. The number of thiophene rings is 1. The predicted molar refractivity (Wildman–Crippen MR) is 60.5 cm³/mol. The maximum absolute atomic E-state index is 2.48. The van der Waals surface area contributed by atoms with Gasteiger partial charge in [-0.2, -0.15) is 0 Å². The normalized spacial score (nSPS) is 12.2. The minimum absolute atomic E-state index is 0.402. The van der Waals surface area contributed by atoms with Crippen LogP contribution >= 0.6 is 51.4 Å². The summed E-state index contributed by atoms with van der Waals surface area (Å²) in [5.41, 5.74) is 1.45. The monoisotopic (exact) mass is 365 g/mol. The van der Waals surface area contributed by atoms with Gasteiger partial charge in [-0.1, -0.05) is 0 Å². The van der Waals surface area contributed by atoms with Crippen molar-refractivity contribution in [3.63, 3.8) is 0 Å². The molecule has 0 nitrogen and oxygen atoms in total. The van der Waals surface area contributed by atoms with Gasteiger partial charge in [0.2, 0.25) is 0 Å². The Kier molecular flexibility index (Phi) is 2.79. The van der Waals surface area contributed by atoms with E-state index in [1.165, 1.54) is 14.0 Å². The predicted octanol–water partition coefficient (Wildman–Crippen LogP) is 3.86. The van der Waals surface area contributed by atoms with Crippen molar-refractivity contribution in [3.8, 4) is 0 Å². The molecule has 9 heavy (non-hydrogen) atoms. The summed E-state index contributed by atoms with van der Waals surface area (Å²) in [5.74, 6) is 0. The van der Waals surface area contributed by atoms with Crippen LogP contribution in [0.15, 0.2) is 5.38 Å². The molecule has 0 aromatic carbocycles. The molecule has 0 N–H and O–H groups in total. The quantitative estimate of drug-likeness (QED) is 0.484. The van der Waals surface area contributed by atoms with Gasteiger partial charge in [0.25, 0.3) is 21.2 Å². The number of halogens is 2. The number of hydrogen-bond donors (Lipinski definition) is 0. The molecule has 0 radical (unpaired) electrons. The largest absolute Gasteiger partial charge is 0.287 e. The number of rotatable bonds is 0. The minimum Gasteiger partial charge on any atom is -0.0383 e. The molecule has 1 unspecified atom stereocenters. The summed E-state index contributed by atoms with van der Waals surface area (Å²) in [6.07, 6.45) is 0. The average Bonchev–Trinajstić information content (AvgIpc) is 1.98. The fourth-order valence-electron chi connectivity index (χ4n) is 0.659. The summed E-state index contributed by atoms with van der Waals surface area (Å²) in [6.45, 7) is 4.39. The number of hydrogen-bond acceptors (Lipinski definition) is 0. The lowest BCUT2D eigenvalue weighted by molar-refractivity contribution is 1.45. The fourth-order valence-corrected chi connectivity index (χ4v) is 5.74. The molecule has 0 aliphatic rings. The smallest absolute Gasteiger partial charge is 0.0383 e. The Morgan fingerprint density at radius 3 is 2.11 bits per heavy atom. The van der Waals surface area contributed by atoms with Crippen molar-refractivity contribution in [2.45, 2.75) is 13.8 Å². The van der Waals surface area contributed by atoms with Crippen LogP contribution in [0.1, 0.15) is 10.4 Å². The first-order valence-electron chi connectivity index (χ1n) is 2.57. The van der Waals surface area contributed by atoms with Crippen molar-refractivity contribution >= 4 is 51.4 Å². The molecule has 0 aliphatic carbocycles. The average molecular weight is 365 g/mol. The van der Waals surface area contributed by atoms with Crippen molar-refractivity contribution in [2.24, 2.45) is 0 Å². The van der Waals surface area contributed by atoms with Crippen LogP contribution in [0.3, 0.4) is 0 Å². The van der Waals surface area contributed by atoms with Crippen molar-refractivity contribution in [3.05, 3.63) is 19.4 Å². The van der Waals surface area contributed by atoms with Gasteiger partial charge in [-0.25, -0.2) is 0 Å². The summed E-state index contributed by atoms with van der Waals surface area (Å²) < 4.78 is 1.46. The van der Waals surface area contributed by atoms with Gasteiger partial charge in [-0.15, -0.1) is 0 Å². The van der Waals surface area contributed by atoms with Gasteiger partial charge >= 0.3 is 0 Å². The van der Waals surface area contributed by atoms with Crippen LogP contribution in [0.2, 0.25) is 0 Å². The van der Waals surface area contributed by atoms with Crippen molar-refractivity contribution in [1.29, 1.82) is 0 Å². The first-order valence-corrected chi connectivity index (χ1v) is 7.48. The fraction of sp³-hybridized carbons (Fsp3) is 0.333. The second kappa shape index (κ2) is 3.04. The highest BCUT2D eigenvalue weighted by atomic mass is 127. The van der Waals surface area contributed by atoms with E-state index in [1.807, 2.05) is 0 Å². The second-order valence-electron chi connectivity index (χ2n) is 1.96. The Morgan fingerprint density at radius 2 is 2.00 bits per heavy atom. The van der Waals surface area contributed by atoms with Crippen molar-refractivity contribution in [2.75, 3.05) is 0 Å². The molecular formula is C6H7I2S+. The molecule has 0 fully saturated rings. The third kappa shape index (κ3) is 1.59. The van der Waals surface area contributed by atoms with E-state index in [0.717, 1.165) is 0 Å². The highest BCUT2D eigenvalue weighted by molar-refractivity contribution is 14.2. The Hall–Kier alpha value is 1.16. The zero-order chi connectivity index (χ0) is 7.02. The molecule has 1 rings (SSSR count). The Morgan fingerprint density at radius 1 is 1.44 bits per heavy atom. The topological polar surface area (TPSA) is 0 Å². The first-order chi connectivity index (χ1) is 4.13. The highest BCUT2D eigenvalue weighted by Crippen LogP contribution is 2.37. The third-order valence-corrected chi connectivity index (χ3v) is 7.35. The molecule has 1 aromatic rings. The van der Waals surface area contributed by atoms with Gasteiger partial charge in [0.05, 0.1) is 3.57 Å². The summed E-state index contributed by atoms with van der Waals surface area (Å²) in [5, 5.41) is 2.33. The summed E-state index contributed by atoms with van der Waals surface area (Å²) >= 11 is 4.89. The summed E-state index contributed by atoms with van der Waals surface area (Å²) in [6, 6.07) is 0. The van der Waals surface area contributed by atoms with Crippen LogP contribution in [-0.4, -0.2) is 0 Å². The van der Waals surface area contributed by atoms with E-state index in [-0.39, 0.29) is 0 Å². The molecule has 0 spiro atoms. The van der Waals surface area contributed by atoms with Gasteiger partial charge in [0, 0.05) is 20.1 Å². The molecule has 1 atom stereocenters. The maximum Gasteiger partial charge on any atom is 0.287 e. The van der Waals surface area contributed by atoms with E-state index in [2.05, 4.69) is 63.0 Å². The van der Waals surface area contributed by atoms with E-state index in [0.29, 0.717) is 7.64 Å². The van der Waals surface area contributed by atoms with E-state index in [4.69, 9.17) is 0 Å². The van der Waals surface area contributed by atoms with Crippen molar-refractivity contribution in [1.82, 2.24) is 0 Å². The molecule has 3 heteroatoms. The molecule has 0 aliphatic heterocycles. The standard InChI is InChI=1S/C6H7I2S/c1-4-3-9(8)5(2)6(4)7/h3H,1-2H3/q+1. The Balaban J connectivity index is 3.29. The molecule has 1 heterocycles. The second-order valence-corrected chi connectivity index (χ2v) is 7.30. The first kappa shape index (κ1) is 8.26. The van der Waals surface area contributed by atoms with E-state index >= 15 is 0 Å². The molecule has 1 aromatic heterocycles. The van der Waals surface area contributed by atoms with Crippen LogP contribution in [-0.2, 0) is 0 Å². The van der Waals surface area contributed by atoms with Gasteiger partial charge < -0.3 is 0 Å². The molecule has 0 saturated heterocycles. The minimum atomic E-state index is 0.402. The zero-order valence-electron chi connectivity index (χ0n) is 5.24. The number of aryl methyl sites for hydroxylation is 1. The third-order valence-electron chi connectivity index (χ3n) is 1.23. The van der Waals surface area contributed by atoms with E-state index < -0.39 is 0 Å². The lowest BCUT2D eigenvalue weighted by Crippen LogP contribution is -1.69. The molecule has 50 valence electrons. The Bertz CT molecular complexity index is 205. The van der Waals surface area contributed by atoms with Crippen LogP contribution < -0.4 is 0 Å². The summed E-state index contributed by atoms with van der Waals surface area (Å²) in [7, 11) is 0.402. The maximum atomic E-state index is 2.48. The highest BCUT2D eigenvalue weighted by Gasteiger charge is 2.14. The van der Waals surface area contributed by atoms with Gasteiger partial charge in [0.1, 0.15) is 0 Å². The van der Waals surface area contributed by atoms with Gasteiger partial charge in [-0.3, -0.25) is 0 Å². The van der Waals surface area contributed by atoms with E-state index in [9.17, 15) is 0 Å². The Labute approximate surface area is 83.7 Å². The van der Waals surface area contributed by atoms with Crippen LogP contribution in [0.25, 0.3) is 0 Å². The van der Waals surface area contributed by atoms with Crippen molar-refractivity contribution < 1.29 is 0 Å². The van der Waals surface area contributed by atoms with Crippen LogP contribution in [0, 0.1) is 17.4 Å². The van der Waals surface area contributed by atoms with Crippen LogP contribution in [0.4, 0.5) is 0 Å².